The largest absolute Gasteiger partial charge is 0.496 e. The Bertz CT molecular complexity index is 336. The Labute approximate surface area is 104 Å². The van der Waals surface area contributed by atoms with Crippen molar-refractivity contribution in [3.05, 3.63) is 28.8 Å². The molecular weight excluding hydrogens is 222 g/mol. The van der Waals surface area contributed by atoms with Crippen molar-refractivity contribution in [3.8, 4) is 5.75 Å². The van der Waals surface area contributed by atoms with E-state index in [2.05, 4.69) is 31.3 Å². The van der Waals surface area contributed by atoms with Gasteiger partial charge in [-0.3, -0.25) is 0 Å². The fourth-order valence-electron chi connectivity index (χ4n) is 2.48. The van der Waals surface area contributed by atoms with E-state index in [0.29, 0.717) is 6.04 Å². The highest BCUT2D eigenvalue weighted by Gasteiger charge is 2.17. The van der Waals surface area contributed by atoms with Gasteiger partial charge < -0.3 is 10.1 Å². The number of hydrogen-bond acceptors (Lipinski definition) is 2. The van der Waals surface area contributed by atoms with Crippen LogP contribution in [-0.2, 0) is 0 Å². The van der Waals surface area contributed by atoms with E-state index in [-0.39, 0.29) is 12.4 Å². The molecule has 1 aromatic rings. The summed E-state index contributed by atoms with van der Waals surface area (Å²) in [7, 11) is 1.74. The smallest absolute Gasteiger partial charge is 0.124 e. The molecular formula is C13H20ClNO. The zero-order valence-corrected chi connectivity index (χ0v) is 11.0. The van der Waals surface area contributed by atoms with E-state index in [1.807, 2.05) is 0 Å². The quantitative estimate of drug-likeness (QED) is 0.859. The lowest BCUT2D eigenvalue weighted by atomic mass is 9.99. The van der Waals surface area contributed by atoms with Gasteiger partial charge in [-0.2, -0.15) is 0 Å². The SMILES string of the molecule is COc1c(C)cc([C@@H]2CCCN2)cc1C.Cl. The monoisotopic (exact) mass is 241 g/mol. The lowest BCUT2D eigenvalue weighted by molar-refractivity contribution is 0.408. The Morgan fingerprint density at radius 2 is 1.88 bits per heavy atom. The first kappa shape index (κ1) is 13.3. The van der Waals surface area contributed by atoms with Gasteiger partial charge >= 0.3 is 0 Å². The number of halogens is 1. The minimum absolute atomic E-state index is 0. The van der Waals surface area contributed by atoms with E-state index in [1.165, 1.54) is 29.5 Å². The predicted octanol–water partition coefficient (Wildman–Crippen LogP) is 3.16. The second-order valence-corrected chi connectivity index (χ2v) is 4.34. The van der Waals surface area contributed by atoms with Gasteiger partial charge in [-0.05, 0) is 49.9 Å². The molecule has 0 saturated carbocycles. The third-order valence-electron chi connectivity index (χ3n) is 3.15. The van der Waals surface area contributed by atoms with Crippen LogP contribution in [0.1, 0.15) is 35.6 Å². The highest BCUT2D eigenvalue weighted by atomic mass is 35.5. The lowest BCUT2D eigenvalue weighted by Gasteiger charge is -2.15. The minimum atomic E-state index is 0. The molecule has 2 rings (SSSR count). The molecule has 1 aliphatic heterocycles. The Balaban J connectivity index is 0.00000128. The Hall–Kier alpha value is -0.730. The van der Waals surface area contributed by atoms with Crippen LogP contribution in [0.3, 0.4) is 0 Å². The standard InChI is InChI=1S/C13H19NO.ClH/c1-9-7-11(12-5-4-6-14-12)8-10(2)13(9)15-3;/h7-8,12,14H,4-6H2,1-3H3;1H/t12-;/m0./s1. The van der Waals surface area contributed by atoms with Gasteiger partial charge in [0.25, 0.3) is 0 Å². The molecule has 0 aliphatic carbocycles. The van der Waals surface area contributed by atoms with Gasteiger partial charge in [-0.25, -0.2) is 0 Å². The van der Waals surface area contributed by atoms with Crippen molar-refractivity contribution >= 4 is 12.4 Å². The van der Waals surface area contributed by atoms with Crippen LogP contribution < -0.4 is 10.1 Å². The van der Waals surface area contributed by atoms with Gasteiger partial charge in [-0.15, -0.1) is 12.4 Å². The summed E-state index contributed by atoms with van der Waals surface area (Å²) in [6.07, 6.45) is 2.54. The van der Waals surface area contributed by atoms with Crippen LogP contribution in [0.4, 0.5) is 0 Å². The van der Waals surface area contributed by atoms with Gasteiger partial charge in [0.1, 0.15) is 5.75 Å². The molecule has 3 heteroatoms. The van der Waals surface area contributed by atoms with E-state index >= 15 is 0 Å². The summed E-state index contributed by atoms with van der Waals surface area (Å²) in [6, 6.07) is 5.04. The molecule has 1 heterocycles. The fraction of sp³-hybridized carbons (Fsp3) is 0.538. The molecule has 2 nitrogen and oxygen atoms in total. The predicted molar refractivity (Wildman–Crippen MR) is 69.7 cm³/mol. The van der Waals surface area contributed by atoms with Crippen molar-refractivity contribution in [2.75, 3.05) is 13.7 Å². The molecule has 0 unspecified atom stereocenters. The van der Waals surface area contributed by atoms with Crippen LogP contribution >= 0.6 is 12.4 Å². The highest BCUT2D eigenvalue weighted by Crippen LogP contribution is 2.30. The first-order chi connectivity index (χ1) is 7.22. The summed E-state index contributed by atoms with van der Waals surface area (Å²) < 4.78 is 5.37. The second-order valence-electron chi connectivity index (χ2n) is 4.34. The Morgan fingerprint density at radius 1 is 1.25 bits per heavy atom. The summed E-state index contributed by atoms with van der Waals surface area (Å²) >= 11 is 0. The first-order valence-electron chi connectivity index (χ1n) is 5.61. The number of rotatable bonds is 2. The zero-order valence-electron chi connectivity index (χ0n) is 10.2. The van der Waals surface area contributed by atoms with Crippen molar-refractivity contribution in [2.24, 2.45) is 0 Å². The lowest BCUT2D eigenvalue weighted by Crippen LogP contribution is -2.13. The number of nitrogens with one attached hydrogen (secondary N) is 1. The van der Waals surface area contributed by atoms with Crippen LogP contribution in [0.5, 0.6) is 5.75 Å². The molecule has 1 atom stereocenters. The molecule has 1 saturated heterocycles. The molecule has 16 heavy (non-hydrogen) atoms. The van der Waals surface area contributed by atoms with E-state index in [0.717, 1.165) is 12.3 Å². The summed E-state index contributed by atoms with van der Waals surface area (Å²) in [5, 5.41) is 3.52. The Kier molecular flexibility index (Phi) is 4.63. The van der Waals surface area contributed by atoms with Crippen molar-refractivity contribution in [2.45, 2.75) is 32.7 Å². The van der Waals surface area contributed by atoms with Gasteiger partial charge in [0, 0.05) is 6.04 Å². The van der Waals surface area contributed by atoms with Crippen LogP contribution in [-0.4, -0.2) is 13.7 Å². The fourth-order valence-corrected chi connectivity index (χ4v) is 2.48. The molecule has 0 spiro atoms. The maximum atomic E-state index is 5.37. The van der Waals surface area contributed by atoms with Crippen molar-refractivity contribution in [1.29, 1.82) is 0 Å². The molecule has 0 aromatic heterocycles. The number of benzene rings is 1. The third-order valence-corrected chi connectivity index (χ3v) is 3.15. The maximum Gasteiger partial charge on any atom is 0.124 e. The highest BCUT2D eigenvalue weighted by molar-refractivity contribution is 5.85. The molecule has 0 radical (unpaired) electrons. The number of ether oxygens (including phenoxy) is 1. The summed E-state index contributed by atoms with van der Waals surface area (Å²) in [5.41, 5.74) is 3.88. The zero-order chi connectivity index (χ0) is 10.8. The third kappa shape index (κ3) is 2.50. The molecule has 1 fully saturated rings. The van der Waals surface area contributed by atoms with E-state index in [9.17, 15) is 0 Å². The normalized spacial score (nSPS) is 19.3. The van der Waals surface area contributed by atoms with Gasteiger partial charge in [-0.1, -0.05) is 12.1 Å². The summed E-state index contributed by atoms with van der Waals surface area (Å²) in [4.78, 5) is 0. The van der Waals surface area contributed by atoms with E-state index < -0.39 is 0 Å². The molecule has 0 bridgehead atoms. The number of methoxy groups -OCH3 is 1. The molecule has 1 N–H and O–H groups in total. The summed E-state index contributed by atoms with van der Waals surface area (Å²) in [5.74, 6) is 1.02. The van der Waals surface area contributed by atoms with E-state index in [1.54, 1.807) is 7.11 Å². The molecule has 0 amide bonds. The second kappa shape index (κ2) is 5.55. The van der Waals surface area contributed by atoms with Crippen LogP contribution in [0.25, 0.3) is 0 Å². The maximum absolute atomic E-state index is 5.37. The van der Waals surface area contributed by atoms with Gasteiger partial charge in [0.2, 0.25) is 0 Å². The first-order valence-corrected chi connectivity index (χ1v) is 5.61. The number of aryl methyl sites for hydroxylation is 2. The average Bonchev–Trinajstić information content (AvgIpc) is 2.69. The Morgan fingerprint density at radius 3 is 2.31 bits per heavy atom. The van der Waals surface area contributed by atoms with Crippen LogP contribution in [0.15, 0.2) is 12.1 Å². The van der Waals surface area contributed by atoms with Gasteiger partial charge in [0.05, 0.1) is 7.11 Å². The van der Waals surface area contributed by atoms with Crippen molar-refractivity contribution < 1.29 is 4.74 Å². The average molecular weight is 242 g/mol. The molecule has 1 aliphatic rings. The van der Waals surface area contributed by atoms with Crippen molar-refractivity contribution in [1.82, 2.24) is 5.32 Å². The van der Waals surface area contributed by atoms with E-state index in [4.69, 9.17) is 4.74 Å². The van der Waals surface area contributed by atoms with Crippen molar-refractivity contribution in [3.63, 3.8) is 0 Å². The van der Waals surface area contributed by atoms with Gasteiger partial charge in [0.15, 0.2) is 0 Å². The van der Waals surface area contributed by atoms with Crippen LogP contribution in [0, 0.1) is 13.8 Å². The minimum Gasteiger partial charge on any atom is -0.496 e. The topological polar surface area (TPSA) is 21.3 Å². The summed E-state index contributed by atoms with van der Waals surface area (Å²) in [6.45, 7) is 5.38. The van der Waals surface area contributed by atoms with Crippen LogP contribution in [0.2, 0.25) is 0 Å². The molecule has 90 valence electrons. The number of hydrogen-bond donors (Lipinski definition) is 1. The molecule has 1 aromatic carbocycles.